The number of alkyl halides is 3. The molecule has 0 amide bonds. The number of anilines is 1. The fourth-order valence-corrected chi connectivity index (χ4v) is 3.81. The maximum atomic E-state index is 14.1. The van der Waals surface area contributed by atoms with E-state index in [1.807, 2.05) is 6.07 Å². The Labute approximate surface area is 179 Å². The van der Waals surface area contributed by atoms with Gasteiger partial charge in [0.2, 0.25) is 0 Å². The zero-order valence-electron chi connectivity index (χ0n) is 15.2. The van der Waals surface area contributed by atoms with E-state index in [2.05, 4.69) is 0 Å². The number of nitrogens with one attached hydrogen (secondary N) is 1. The molecule has 0 saturated carbocycles. The molecule has 0 radical (unpaired) electrons. The van der Waals surface area contributed by atoms with Crippen LogP contribution < -0.4 is 9.46 Å². The molecule has 5 nitrogen and oxygen atoms in total. The quantitative estimate of drug-likeness (QED) is 0.466. The highest BCUT2D eigenvalue weighted by Gasteiger charge is 2.35. The Kier molecular flexibility index (Phi) is 6.10. The molecule has 0 atom stereocenters. The van der Waals surface area contributed by atoms with E-state index in [0.717, 1.165) is 24.3 Å². The van der Waals surface area contributed by atoms with Crippen LogP contribution in [0.2, 0.25) is 5.02 Å². The van der Waals surface area contributed by atoms with Gasteiger partial charge in [0.15, 0.2) is 5.82 Å². The molecule has 0 aliphatic carbocycles. The third-order valence-electron chi connectivity index (χ3n) is 4.00. The van der Waals surface area contributed by atoms with Crippen molar-refractivity contribution in [2.75, 3.05) is 4.72 Å². The number of nitriles is 1. The molecule has 11 heteroatoms. The first-order chi connectivity index (χ1) is 14.5. The molecule has 0 saturated heterocycles. The maximum Gasteiger partial charge on any atom is 0.419 e. The van der Waals surface area contributed by atoms with Crippen LogP contribution >= 0.6 is 11.6 Å². The monoisotopic (exact) mass is 470 g/mol. The van der Waals surface area contributed by atoms with Gasteiger partial charge in [-0.1, -0.05) is 23.7 Å². The predicted molar refractivity (Wildman–Crippen MR) is 105 cm³/mol. The van der Waals surface area contributed by atoms with Crippen molar-refractivity contribution >= 4 is 27.3 Å². The molecule has 0 bridgehead atoms. The molecule has 1 N–H and O–H groups in total. The summed E-state index contributed by atoms with van der Waals surface area (Å²) in [4.78, 5) is -0.344. The van der Waals surface area contributed by atoms with Gasteiger partial charge in [0.1, 0.15) is 23.1 Å². The summed E-state index contributed by atoms with van der Waals surface area (Å²) >= 11 is 5.92. The average molecular weight is 471 g/mol. The number of sulfonamides is 1. The van der Waals surface area contributed by atoms with Crippen LogP contribution in [0.3, 0.4) is 0 Å². The molecule has 0 fully saturated rings. The maximum absolute atomic E-state index is 14.1. The van der Waals surface area contributed by atoms with E-state index in [0.29, 0.717) is 6.07 Å². The summed E-state index contributed by atoms with van der Waals surface area (Å²) in [5, 5.41) is 9.33. The number of benzene rings is 3. The Balaban J connectivity index is 1.85. The molecule has 0 spiro atoms. The van der Waals surface area contributed by atoms with Crippen LogP contribution in [0.1, 0.15) is 11.1 Å². The number of rotatable bonds is 5. The van der Waals surface area contributed by atoms with Gasteiger partial charge in [-0.25, -0.2) is 12.8 Å². The number of hydrogen-bond donors (Lipinski definition) is 1. The van der Waals surface area contributed by atoms with Gasteiger partial charge in [-0.15, -0.1) is 0 Å². The first-order valence-electron chi connectivity index (χ1n) is 8.38. The van der Waals surface area contributed by atoms with Crippen LogP contribution in [0.5, 0.6) is 11.5 Å². The second kappa shape index (κ2) is 8.45. The largest absolute Gasteiger partial charge is 0.456 e. The molecule has 160 valence electrons. The summed E-state index contributed by atoms with van der Waals surface area (Å²) in [6.07, 6.45) is -4.98. The molecule has 31 heavy (non-hydrogen) atoms. The second-order valence-electron chi connectivity index (χ2n) is 6.07. The summed E-state index contributed by atoms with van der Waals surface area (Å²) in [6, 6.07) is 13.5. The van der Waals surface area contributed by atoms with Crippen molar-refractivity contribution in [3.8, 4) is 17.6 Å². The summed E-state index contributed by atoms with van der Waals surface area (Å²) in [5.74, 6) is -1.42. The van der Waals surface area contributed by atoms with E-state index >= 15 is 0 Å². The van der Waals surface area contributed by atoms with Crippen LogP contribution in [-0.4, -0.2) is 8.42 Å². The van der Waals surface area contributed by atoms with Gasteiger partial charge in [-0.3, -0.25) is 4.72 Å². The van der Waals surface area contributed by atoms with Crippen molar-refractivity contribution < 1.29 is 30.7 Å². The highest BCUT2D eigenvalue weighted by Crippen LogP contribution is 2.35. The minimum Gasteiger partial charge on any atom is -0.456 e. The lowest BCUT2D eigenvalue weighted by Crippen LogP contribution is -2.16. The Morgan fingerprint density at radius 2 is 1.65 bits per heavy atom. The fourth-order valence-electron chi connectivity index (χ4n) is 2.55. The van der Waals surface area contributed by atoms with Crippen molar-refractivity contribution in [2.45, 2.75) is 11.1 Å². The number of nitrogens with zero attached hydrogens (tertiary/aromatic N) is 1. The van der Waals surface area contributed by atoms with E-state index in [-0.39, 0.29) is 27.0 Å². The minimum atomic E-state index is -4.98. The highest BCUT2D eigenvalue weighted by atomic mass is 35.5. The number of hydrogen-bond acceptors (Lipinski definition) is 4. The van der Waals surface area contributed by atoms with Gasteiger partial charge in [0, 0.05) is 0 Å². The van der Waals surface area contributed by atoms with Crippen molar-refractivity contribution in [1.29, 1.82) is 5.26 Å². The van der Waals surface area contributed by atoms with Gasteiger partial charge in [-0.05, 0) is 48.5 Å². The molecule has 0 aromatic heterocycles. The Bertz CT molecular complexity index is 1270. The smallest absolute Gasteiger partial charge is 0.419 e. The predicted octanol–water partition coefficient (Wildman–Crippen LogP) is 5.96. The van der Waals surface area contributed by atoms with E-state index in [1.165, 1.54) is 24.3 Å². The van der Waals surface area contributed by atoms with Crippen molar-refractivity contribution in [2.24, 2.45) is 0 Å². The van der Waals surface area contributed by atoms with Crippen LogP contribution in [0.4, 0.5) is 23.2 Å². The normalized spacial score (nSPS) is 11.6. The second-order valence-corrected chi connectivity index (χ2v) is 8.16. The molecule has 3 aromatic rings. The molecular weight excluding hydrogens is 460 g/mol. The van der Waals surface area contributed by atoms with Gasteiger partial charge in [0.05, 0.1) is 21.2 Å². The summed E-state index contributed by atoms with van der Waals surface area (Å²) in [5.41, 5.74) is -2.35. The van der Waals surface area contributed by atoms with E-state index < -0.39 is 33.3 Å². The van der Waals surface area contributed by atoms with Gasteiger partial charge in [-0.2, -0.15) is 18.4 Å². The van der Waals surface area contributed by atoms with E-state index in [1.54, 1.807) is 10.8 Å². The Hall–Kier alpha value is -3.29. The summed E-state index contributed by atoms with van der Waals surface area (Å²) in [6.45, 7) is 0. The van der Waals surface area contributed by atoms with Crippen LogP contribution in [-0.2, 0) is 16.2 Å². The minimum absolute atomic E-state index is 0.0857. The Morgan fingerprint density at radius 3 is 2.26 bits per heavy atom. The molecule has 0 heterocycles. The lowest BCUT2D eigenvalue weighted by molar-refractivity contribution is -0.139. The zero-order chi connectivity index (χ0) is 22.8. The number of halogens is 5. The number of ether oxygens (including phenoxy) is 1. The molecule has 0 aliphatic heterocycles. The highest BCUT2D eigenvalue weighted by molar-refractivity contribution is 7.92. The standard InChI is InChI=1S/C20H11ClF4N2O3S/c21-16-4-2-6-18(14(16)11-26)30-12-7-9-13(10-8-12)31(28,29)27-17-5-1-3-15(19(17)22)20(23,24)25/h1-10,27H. The third kappa shape index (κ3) is 4.90. The molecule has 0 unspecified atom stereocenters. The fraction of sp³-hybridized carbons (Fsp3) is 0.0500. The van der Waals surface area contributed by atoms with Crippen molar-refractivity contribution in [3.05, 3.63) is 82.6 Å². The van der Waals surface area contributed by atoms with Crippen LogP contribution in [0, 0.1) is 17.1 Å². The third-order valence-corrected chi connectivity index (χ3v) is 5.69. The SMILES string of the molecule is N#Cc1c(Cl)cccc1Oc1ccc(S(=O)(=O)Nc2cccc(C(F)(F)F)c2F)cc1. The summed E-state index contributed by atoms with van der Waals surface area (Å²) < 4.78 is 84.9. The zero-order valence-corrected chi connectivity index (χ0v) is 16.8. The lowest BCUT2D eigenvalue weighted by Gasteiger charge is -2.13. The first kappa shape index (κ1) is 22.4. The van der Waals surface area contributed by atoms with E-state index in [9.17, 15) is 26.0 Å². The topological polar surface area (TPSA) is 79.2 Å². The van der Waals surface area contributed by atoms with Crippen molar-refractivity contribution in [1.82, 2.24) is 0 Å². The molecular formula is C20H11ClF4N2O3S. The average Bonchev–Trinajstić information content (AvgIpc) is 2.69. The van der Waals surface area contributed by atoms with E-state index in [4.69, 9.17) is 21.6 Å². The van der Waals surface area contributed by atoms with Crippen LogP contribution in [0.25, 0.3) is 0 Å². The van der Waals surface area contributed by atoms with Gasteiger partial charge < -0.3 is 4.74 Å². The Morgan fingerprint density at radius 1 is 1.00 bits per heavy atom. The molecule has 0 aliphatic rings. The molecule has 3 rings (SSSR count). The van der Waals surface area contributed by atoms with Gasteiger partial charge in [0.25, 0.3) is 10.0 Å². The summed E-state index contributed by atoms with van der Waals surface area (Å²) in [7, 11) is -4.39. The molecule has 3 aromatic carbocycles. The lowest BCUT2D eigenvalue weighted by atomic mass is 10.2. The van der Waals surface area contributed by atoms with Gasteiger partial charge >= 0.3 is 6.18 Å². The first-order valence-corrected chi connectivity index (χ1v) is 10.2. The van der Waals surface area contributed by atoms with Crippen LogP contribution in [0.15, 0.2) is 65.6 Å². The van der Waals surface area contributed by atoms with Crippen molar-refractivity contribution in [3.63, 3.8) is 0 Å².